The average molecular weight is 436 g/mol. The maximum atomic E-state index is 13.2. The molecule has 0 aliphatic carbocycles. The third-order valence-corrected chi connectivity index (χ3v) is 5.16. The van der Waals surface area contributed by atoms with Crippen molar-refractivity contribution in [2.24, 2.45) is 0 Å². The SMILES string of the molecule is O=C1c2c(O)cc(O)cc2O[C@H](c2ccc(O)c(O)c2)[C@@H]1O[C@@H]1OC[C@H](O)[C@H](O)[C@@H]1O. The number of ketones is 1. The normalized spacial score (nSPS) is 30.5. The van der Waals surface area contributed by atoms with Crippen molar-refractivity contribution in [3.8, 4) is 28.7 Å². The number of phenols is 4. The summed E-state index contributed by atoms with van der Waals surface area (Å²) in [6.07, 6.45) is -8.95. The van der Waals surface area contributed by atoms with Gasteiger partial charge in [0.2, 0.25) is 5.78 Å². The molecule has 7 N–H and O–H groups in total. The van der Waals surface area contributed by atoms with E-state index in [2.05, 4.69) is 0 Å². The molecule has 0 bridgehead atoms. The van der Waals surface area contributed by atoms with Gasteiger partial charge in [-0.15, -0.1) is 0 Å². The lowest BCUT2D eigenvalue weighted by Gasteiger charge is -2.39. The van der Waals surface area contributed by atoms with Gasteiger partial charge in [0, 0.05) is 12.1 Å². The van der Waals surface area contributed by atoms with Gasteiger partial charge in [0.05, 0.1) is 6.61 Å². The minimum Gasteiger partial charge on any atom is -0.508 e. The fourth-order valence-electron chi connectivity index (χ4n) is 3.54. The Labute approximate surface area is 174 Å². The zero-order valence-corrected chi connectivity index (χ0v) is 15.8. The minimum absolute atomic E-state index is 0.152. The molecule has 31 heavy (non-hydrogen) atoms. The van der Waals surface area contributed by atoms with Gasteiger partial charge in [-0.2, -0.15) is 0 Å². The summed E-state index contributed by atoms with van der Waals surface area (Å²) < 4.78 is 16.6. The number of ether oxygens (including phenoxy) is 3. The predicted octanol–water partition coefficient (Wildman–Crippen LogP) is -0.350. The van der Waals surface area contributed by atoms with Gasteiger partial charge in [-0.25, -0.2) is 0 Å². The molecule has 4 rings (SSSR count). The highest BCUT2D eigenvalue weighted by molar-refractivity contribution is 6.05. The van der Waals surface area contributed by atoms with Gasteiger partial charge in [-0.1, -0.05) is 6.07 Å². The summed E-state index contributed by atoms with van der Waals surface area (Å²) in [5, 5.41) is 69.0. The number of carbonyl (C=O) groups is 1. The zero-order valence-electron chi connectivity index (χ0n) is 15.8. The number of aliphatic hydroxyl groups excluding tert-OH is 3. The molecule has 11 nitrogen and oxygen atoms in total. The largest absolute Gasteiger partial charge is 0.508 e. The summed E-state index contributed by atoms with van der Waals surface area (Å²) >= 11 is 0. The number of hydrogen-bond acceptors (Lipinski definition) is 11. The Kier molecular flexibility index (Phi) is 5.37. The first kappa shape index (κ1) is 21.2. The van der Waals surface area contributed by atoms with E-state index < -0.39 is 59.8 Å². The molecule has 1 saturated heterocycles. The third-order valence-electron chi connectivity index (χ3n) is 5.16. The molecule has 6 atom stereocenters. The molecule has 0 unspecified atom stereocenters. The second-order valence-corrected chi connectivity index (χ2v) is 7.30. The molecule has 0 radical (unpaired) electrons. The van der Waals surface area contributed by atoms with Gasteiger partial charge in [-0.3, -0.25) is 4.79 Å². The van der Waals surface area contributed by atoms with Crippen molar-refractivity contribution in [3.05, 3.63) is 41.5 Å². The van der Waals surface area contributed by atoms with Crippen LogP contribution in [-0.2, 0) is 9.47 Å². The standard InChI is InChI=1S/C20H20O11/c21-8-4-11(24)14-13(5-8)30-18(7-1-2-9(22)10(23)3-7)19(16(14)27)31-20-17(28)15(26)12(25)6-29-20/h1-5,12,15,17-26,28H,6H2/t12-,15-,17-,18+,19+,20-/m0/s1. The highest BCUT2D eigenvalue weighted by atomic mass is 16.7. The van der Waals surface area contributed by atoms with E-state index in [-0.39, 0.29) is 29.2 Å². The fraction of sp³-hybridized carbons (Fsp3) is 0.350. The van der Waals surface area contributed by atoms with Gasteiger partial charge in [0.25, 0.3) is 0 Å². The van der Waals surface area contributed by atoms with Crippen LogP contribution in [0.1, 0.15) is 22.0 Å². The van der Waals surface area contributed by atoms with Gasteiger partial charge < -0.3 is 50.0 Å². The molecule has 1 fully saturated rings. The summed E-state index contributed by atoms with van der Waals surface area (Å²) in [4.78, 5) is 13.2. The fourth-order valence-corrected chi connectivity index (χ4v) is 3.54. The van der Waals surface area contributed by atoms with Crippen molar-refractivity contribution in [2.45, 2.75) is 36.8 Å². The number of aliphatic hydroxyl groups is 3. The number of rotatable bonds is 3. The van der Waals surface area contributed by atoms with Crippen LogP contribution in [0, 0.1) is 0 Å². The van der Waals surface area contributed by atoms with Crippen molar-refractivity contribution >= 4 is 5.78 Å². The molecule has 0 amide bonds. The van der Waals surface area contributed by atoms with E-state index in [4.69, 9.17) is 14.2 Å². The van der Waals surface area contributed by atoms with Crippen LogP contribution >= 0.6 is 0 Å². The Bertz CT molecular complexity index is 1010. The number of fused-ring (bicyclic) bond motifs is 1. The number of phenolic OH excluding ortho intramolecular Hbond substituents is 4. The molecule has 166 valence electrons. The van der Waals surface area contributed by atoms with Crippen molar-refractivity contribution in [2.75, 3.05) is 6.61 Å². The van der Waals surface area contributed by atoms with Crippen LogP contribution < -0.4 is 4.74 Å². The molecule has 0 spiro atoms. The van der Waals surface area contributed by atoms with E-state index >= 15 is 0 Å². The van der Waals surface area contributed by atoms with Crippen LogP contribution in [0.25, 0.3) is 0 Å². The molecule has 2 aliphatic heterocycles. The van der Waals surface area contributed by atoms with E-state index in [1.807, 2.05) is 0 Å². The number of hydrogen-bond donors (Lipinski definition) is 7. The molecule has 0 aromatic heterocycles. The van der Waals surface area contributed by atoms with Crippen LogP contribution in [0.2, 0.25) is 0 Å². The number of carbonyl (C=O) groups excluding carboxylic acids is 1. The van der Waals surface area contributed by atoms with E-state index in [0.717, 1.165) is 24.3 Å². The van der Waals surface area contributed by atoms with Gasteiger partial charge in [0.15, 0.2) is 30.0 Å². The quantitative estimate of drug-likeness (QED) is 0.312. The van der Waals surface area contributed by atoms with Crippen LogP contribution in [0.15, 0.2) is 30.3 Å². The predicted molar refractivity (Wildman–Crippen MR) is 99.9 cm³/mol. The summed E-state index contributed by atoms with van der Waals surface area (Å²) in [5.74, 6) is -2.78. The van der Waals surface area contributed by atoms with Crippen LogP contribution in [0.4, 0.5) is 0 Å². The number of aromatic hydroxyl groups is 4. The van der Waals surface area contributed by atoms with Crippen molar-refractivity contribution in [1.29, 1.82) is 0 Å². The number of benzene rings is 2. The molecule has 2 aromatic carbocycles. The minimum atomic E-state index is -1.69. The van der Waals surface area contributed by atoms with Crippen molar-refractivity contribution in [1.82, 2.24) is 0 Å². The first-order chi connectivity index (χ1) is 14.7. The number of Topliss-reactive ketones (excluding diaryl/α,β-unsaturated/α-hetero) is 1. The molecule has 2 aliphatic rings. The van der Waals surface area contributed by atoms with Gasteiger partial charge >= 0.3 is 0 Å². The highest BCUT2D eigenvalue weighted by Gasteiger charge is 2.46. The van der Waals surface area contributed by atoms with Gasteiger partial charge in [0.1, 0.15) is 41.1 Å². The van der Waals surface area contributed by atoms with Crippen LogP contribution in [-0.4, -0.2) is 78.8 Å². The Balaban J connectivity index is 1.74. The molecule has 2 heterocycles. The Morgan fingerprint density at radius 3 is 2.35 bits per heavy atom. The lowest BCUT2D eigenvalue weighted by molar-refractivity contribution is -0.283. The Hall–Kier alpha value is -3.09. The van der Waals surface area contributed by atoms with E-state index in [1.54, 1.807) is 0 Å². The topological polar surface area (TPSA) is 186 Å². The zero-order chi connectivity index (χ0) is 22.4. The Morgan fingerprint density at radius 2 is 1.65 bits per heavy atom. The van der Waals surface area contributed by atoms with Crippen molar-refractivity contribution < 1.29 is 54.8 Å². The average Bonchev–Trinajstić information content (AvgIpc) is 2.71. The summed E-state index contributed by atoms with van der Waals surface area (Å²) in [6.45, 7) is -0.370. The molecule has 11 heteroatoms. The molecular formula is C20H20O11. The summed E-state index contributed by atoms with van der Waals surface area (Å²) in [6, 6.07) is 5.71. The lowest BCUT2D eigenvalue weighted by atomic mass is 9.92. The smallest absolute Gasteiger partial charge is 0.203 e. The summed E-state index contributed by atoms with van der Waals surface area (Å²) in [7, 11) is 0. The van der Waals surface area contributed by atoms with Crippen LogP contribution in [0.3, 0.4) is 0 Å². The lowest BCUT2D eigenvalue weighted by Crippen LogP contribution is -2.56. The molecule has 0 saturated carbocycles. The summed E-state index contributed by atoms with van der Waals surface area (Å²) in [5.41, 5.74) is -0.0963. The van der Waals surface area contributed by atoms with E-state index in [1.165, 1.54) is 6.07 Å². The first-order valence-electron chi connectivity index (χ1n) is 9.27. The maximum Gasteiger partial charge on any atom is 0.203 e. The maximum absolute atomic E-state index is 13.2. The molecule has 2 aromatic rings. The van der Waals surface area contributed by atoms with E-state index in [0.29, 0.717) is 0 Å². The second kappa shape index (κ2) is 7.87. The van der Waals surface area contributed by atoms with Crippen LogP contribution in [0.5, 0.6) is 28.7 Å². The second-order valence-electron chi connectivity index (χ2n) is 7.30. The highest BCUT2D eigenvalue weighted by Crippen LogP contribution is 2.44. The van der Waals surface area contributed by atoms with Crippen molar-refractivity contribution in [3.63, 3.8) is 0 Å². The van der Waals surface area contributed by atoms with Gasteiger partial charge in [-0.05, 0) is 17.7 Å². The first-order valence-corrected chi connectivity index (χ1v) is 9.27. The monoisotopic (exact) mass is 436 g/mol. The molecular weight excluding hydrogens is 416 g/mol. The Morgan fingerprint density at radius 1 is 0.903 bits per heavy atom. The van der Waals surface area contributed by atoms with E-state index in [9.17, 15) is 40.5 Å². The third kappa shape index (κ3) is 3.73.